The number of alkyl halides is 3. The van der Waals surface area contributed by atoms with E-state index in [1.165, 1.54) is 12.1 Å². The zero-order valence-corrected chi connectivity index (χ0v) is 17.7. The van der Waals surface area contributed by atoms with Gasteiger partial charge in [0.25, 0.3) is 0 Å². The van der Waals surface area contributed by atoms with E-state index in [2.05, 4.69) is 4.99 Å². The summed E-state index contributed by atoms with van der Waals surface area (Å²) in [4.78, 5) is 21.3. The molecule has 0 spiro atoms. The highest BCUT2D eigenvalue weighted by Crippen LogP contribution is 2.43. The Bertz CT molecular complexity index is 1170. The van der Waals surface area contributed by atoms with E-state index >= 15 is 0 Å². The van der Waals surface area contributed by atoms with Crippen LogP contribution in [0.4, 0.5) is 17.6 Å². The number of aliphatic imine (C=N–C) groups is 1. The summed E-state index contributed by atoms with van der Waals surface area (Å²) < 4.78 is 52.8. The molecule has 0 saturated heterocycles. The number of hydrogen-bond donors (Lipinski definition) is 0. The highest BCUT2D eigenvalue weighted by atomic mass is 35.5. The summed E-state index contributed by atoms with van der Waals surface area (Å²) in [5.74, 6) is -2.86. The van der Waals surface area contributed by atoms with Crippen LogP contribution in [0.25, 0.3) is 0 Å². The van der Waals surface area contributed by atoms with Crippen LogP contribution in [0.2, 0.25) is 5.02 Å². The molecule has 1 aliphatic rings. The summed E-state index contributed by atoms with van der Waals surface area (Å²) in [6.07, 6.45) is -5.28. The second kappa shape index (κ2) is 9.23. The molecule has 33 heavy (non-hydrogen) atoms. The van der Waals surface area contributed by atoms with Crippen molar-refractivity contribution in [1.29, 1.82) is 0 Å². The lowest BCUT2D eigenvalue weighted by Crippen LogP contribution is -2.39. The maximum atomic E-state index is 13.5. The van der Waals surface area contributed by atoms with Gasteiger partial charge in [-0.3, -0.25) is 4.99 Å². The average Bonchev–Trinajstić information content (AvgIpc) is 3.14. The minimum absolute atomic E-state index is 0.0591. The Kier molecular flexibility index (Phi) is 6.37. The molecule has 170 valence electrons. The molecule has 0 bridgehead atoms. The number of hydrogen-bond acceptors (Lipinski definition) is 4. The van der Waals surface area contributed by atoms with Gasteiger partial charge in [0.1, 0.15) is 23.7 Å². The number of amidine groups is 1. The Hall–Kier alpha value is -3.39. The van der Waals surface area contributed by atoms with Crippen molar-refractivity contribution in [3.05, 3.63) is 106 Å². The molecule has 4 nitrogen and oxygen atoms in total. The molecular formula is C24H17ClF4N2O2. The van der Waals surface area contributed by atoms with Crippen molar-refractivity contribution < 1.29 is 27.2 Å². The molecule has 9 heteroatoms. The predicted molar refractivity (Wildman–Crippen MR) is 115 cm³/mol. The van der Waals surface area contributed by atoms with Crippen LogP contribution in [0.3, 0.4) is 0 Å². The molecule has 0 amide bonds. The van der Waals surface area contributed by atoms with Crippen molar-refractivity contribution in [3.63, 3.8) is 0 Å². The monoisotopic (exact) mass is 476 g/mol. The first-order chi connectivity index (χ1) is 15.7. The fourth-order valence-electron chi connectivity index (χ4n) is 3.66. The van der Waals surface area contributed by atoms with E-state index in [0.717, 1.165) is 16.7 Å². The lowest BCUT2D eigenvalue weighted by Gasteiger charge is -2.29. The van der Waals surface area contributed by atoms with E-state index in [4.69, 9.17) is 16.4 Å². The standard InChI is InChI=1S/C24H17ClF4N2O2/c25-19-14-18(26)12-11-17(19)13-20-30-21(15-7-3-1-4-8-15)22(16-9-5-2-6-10-16)31(20)33-23(32)24(27,28)29/h1-12,14,21-22H,13H2. The van der Waals surface area contributed by atoms with Gasteiger partial charge >= 0.3 is 12.1 Å². The van der Waals surface area contributed by atoms with Gasteiger partial charge in [0, 0.05) is 11.4 Å². The van der Waals surface area contributed by atoms with E-state index in [-0.39, 0.29) is 17.3 Å². The number of hydroxylamine groups is 2. The average molecular weight is 477 g/mol. The normalized spacial score (nSPS) is 18.2. The van der Waals surface area contributed by atoms with Crippen LogP contribution in [-0.2, 0) is 16.1 Å². The van der Waals surface area contributed by atoms with Crippen molar-refractivity contribution in [2.45, 2.75) is 24.7 Å². The zero-order chi connectivity index (χ0) is 23.6. The molecule has 2 atom stereocenters. The molecular weight excluding hydrogens is 460 g/mol. The first-order valence-electron chi connectivity index (χ1n) is 9.93. The van der Waals surface area contributed by atoms with E-state index in [0.29, 0.717) is 11.1 Å². The maximum Gasteiger partial charge on any atom is 0.493 e. The Balaban J connectivity index is 1.80. The molecule has 2 unspecified atom stereocenters. The fourth-order valence-corrected chi connectivity index (χ4v) is 3.90. The molecule has 1 heterocycles. The van der Waals surface area contributed by atoms with Crippen LogP contribution in [-0.4, -0.2) is 23.0 Å². The Labute approximate surface area is 192 Å². The largest absolute Gasteiger partial charge is 0.493 e. The SMILES string of the molecule is O=C(ON1C(Cc2ccc(F)cc2Cl)=NC(c2ccccc2)C1c1ccccc1)C(F)(F)F. The number of halogens is 5. The fraction of sp³-hybridized carbons (Fsp3) is 0.167. The van der Waals surface area contributed by atoms with E-state index in [9.17, 15) is 22.4 Å². The third-order valence-corrected chi connectivity index (χ3v) is 5.50. The number of rotatable bonds is 5. The minimum Gasteiger partial charge on any atom is -0.330 e. The molecule has 3 aromatic carbocycles. The van der Waals surface area contributed by atoms with E-state index in [1.807, 2.05) is 0 Å². The quantitative estimate of drug-likeness (QED) is 0.409. The first-order valence-corrected chi connectivity index (χ1v) is 10.3. The zero-order valence-electron chi connectivity index (χ0n) is 17.0. The lowest BCUT2D eigenvalue weighted by molar-refractivity contribution is -0.230. The molecule has 0 N–H and O–H groups in total. The number of benzene rings is 3. The molecule has 1 aliphatic heterocycles. The van der Waals surface area contributed by atoms with Gasteiger partial charge in [-0.05, 0) is 28.8 Å². The number of carbonyl (C=O) groups is 1. The lowest BCUT2D eigenvalue weighted by atomic mass is 9.94. The van der Waals surface area contributed by atoms with Crippen molar-refractivity contribution in [2.75, 3.05) is 0 Å². The highest BCUT2D eigenvalue weighted by Gasteiger charge is 2.47. The molecule has 4 rings (SSSR count). The van der Waals surface area contributed by atoms with Crippen LogP contribution in [0.1, 0.15) is 28.8 Å². The van der Waals surface area contributed by atoms with Gasteiger partial charge in [0.05, 0.1) is 0 Å². The summed E-state index contributed by atoms with van der Waals surface area (Å²) in [7, 11) is 0. The highest BCUT2D eigenvalue weighted by molar-refractivity contribution is 6.31. The molecule has 0 saturated carbocycles. The first kappa shape index (κ1) is 22.8. The summed E-state index contributed by atoms with van der Waals surface area (Å²) >= 11 is 6.14. The Morgan fingerprint density at radius 1 is 0.970 bits per heavy atom. The number of carbonyl (C=O) groups excluding carboxylic acids is 1. The third kappa shape index (κ3) is 5.01. The topological polar surface area (TPSA) is 41.9 Å². The predicted octanol–water partition coefficient (Wildman–Crippen LogP) is 6.24. The van der Waals surface area contributed by atoms with Gasteiger partial charge in [0.15, 0.2) is 0 Å². The molecule has 0 aromatic heterocycles. The van der Waals surface area contributed by atoms with Gasteiger partial charge in [-0.25, -0.2) is 9.18 Å². The molecule has 3 aromatic rings. The second-order valence-electron chi connectivity index (χ2n) is 7.37. The Morgan fingerprint density at radius 3 is 2.15 bits per heavy atom. The van der Waals surface area contributed by atoms with Crippen LogP contribution in [0.15, 0.2) is 83.9 Å². The maximum absolute atomic E-state index is 13.5. The summed E-state index contributed by atoms with van der Waals surface area (Å²) in [5.41, 5.74) is 1.75. The van der Waals surface area contributed by atoms with E-state index < -0.39 is 30.0 Å². The van der Waals surface area contributed by atoms with Crippen LogP contribution < -0.4 is 0 Å². The van der Waals surface area contributed by atoms with Gasteiger partial charge in [-0.2, -0.15) is 18.2 Å². The van der Waals surface area contributed by atoms with Crippen LogP contribution in [0, 0.1) is 5.82 Å². The van der Waals surface area contributed by atoms with Crippen LogP contribution in [0.5, 0.6) is 0 Å². The van der Waals surface area contributed by atoms with Crippen molar-refractivity contribution in [3.8, 4) is 0 Å². The molecule has 0 radical (unpaired) electrons. The molecule has 0 fully saturated rings. The summed E-state index contributed by atoms with van der Waals surface area (Å²) in [6.45, 7) is 0. The minimum atomic E-state index is -5.20. The van der Waals surface area contributed by atoms with Gasteiger partial charge < -0.3 is 4.84 Å². The second-order valence-corrected chi connectivity index (χ2v) is 7.78. The smallest absolute Gasteiger partial charge is 0.330 e. The van der Waals surface area contributed by atoms with Crippen molar-refractivity contribution in [2.24, 2.45) is 4.99 Å². The van der Waals surface area contributed by atoms with Crippen molar-refractivity contribution >= 4 is 23.4 Å². The Morgan fingerprint density at radius 2 is 1.58 bits per heavy atom. The van der Waals surface area contributed by atoms with Crippen LogP contribution >= 0.6 is 11.6 Å². The summed E-state index contributed by atoms with van der Waals surface area (Å²) in [5, 5.41) is 0.974. The van der Waals surface area contributed by atoms with Crippen molar-refractivity contribution in [1.82, 2.24) is 5.06 Å². The van der Waals surface area contributed by atoms with E-state index in [1.54, 1.807) is 60.7 Å². The van der Waals surface area contributed by atoms with Gasteiger partial charge in [0.2, 0.25) is 0 Å². The van der Waals surface area contributed by atoms with Gasteiger partial charge in [-0.1, -0.05) is 78.3 Å². The third-order valence-electron chi connectivity index (χ3n) is 5.15. The molecule has 0 aliphatic carbocycles. The number of nitrogens with zero attached hydrogens (tertiary/aromatic N) is 2. The van der Waals surface area contributed by atoms with Gasteiger partial charge in [-0.15, -0.1) is 0 Å². The summed E-state index contributed by atoms with van der Waals surface area (Å²) in [6, 6.07) is 19.8.